The van der Waals surface area contributed by atoms with Crippen molar-refractivity contribution in [3.63, 3.8) is 0 Å². The van der Waals surface area contributed by atoms with E-state index >= 15 is 0 Å². The van der Waals surface area contributed by atoms with Gasteiger partial charge >= 0.3 is 0 Å². The van der Waals surface area contributed by atoms with E-state index in [-0.39, 0.29) is 12.2 Å². The molecule has 2 fully saturated rings. The zero-order chi connectivity index (χ0) is 35.9. The molecule has 2 unspecified atom stereocenters. The zero-order valence-electron chi connectivity index (χ0n) is 30.2. The third kappa shape index (κ3) is 9.68. The maximum Gasteiger partial charge on any atom is 0.222 e. The second-order valence-electron chi connectivity index (χ2n) is 13.2. The standard InChI is InChI=1S/C43H45NO8/c1-28-19-32(5-9-39(28)47-17-15-45-24-37-26-49-37)34-7-11-41(30(3)21-34)51-36-13-14-44-43(23-36)52-42-12-8-35(22-31(42)4)33-6-10-40(29(2)20-33)48-18-16-46-25-38-27-50-38/h5-14,19-23,37-38H,15-18,24-27H2,1-4H3. The second-order valence-corrected chi connectivity index (χ2v) is 13.2. The van der Waals surface area contributed by atoms with Crippen LogP contribution in [0, 0.1) is 27.7 Å². The first-order valence-corrected chi connectivity index (χ1v) is 17.8. The molecule has 5 aromatic rings. The minimum atomic E-state index is 0.266. The molecule has 2 aliphatic heterocycles. The number of benzene rings is 4. The Morgan fingerprint density at radius 3 is 1.37 bits per heavy atom. The summed E-state index contributed by atoms with van der Waals surface area (Å²) in [6.07, 6.45) is 2.23. The molecule has 0 saturated carbocycles. The van der Waals surface area contributed by atoms with Crippen LogP contribution in [0.2, 0.25) is 0 Å². The monoisotopic (exact) mass is 703 g/mol. The predicted molar refractivity (Wildman–Crippen MR) is 199 cm³/mol. The first kappa shape index (κ1) is 35.5. The van der Waals surface area contributed by atoms with Gasteiger partial charge in [0.25, 0.3) is 0 Å². The van der Waals surface area contributed by atoms with Crippen LogP contribution in [0.3, 0.4) is 0 Å². The summed E-state index contributed by atoms with van der Waals surface area (Å²) < 4.78 is 45.9. The second kappa shape index (κ2) is 16.6. The van der Waals surface area contributed by atoms with Gasteiger partial charge in [0.15, 0.2) is 0 Å². The van der Waals surface area contributed by atoms with Crippen LogP contribution in [0.4, 0.5) is 0 Å². The van der Waals surface area contributed by atoms with Crippen LogP contribution in [0.5, 0.6) is 34.6 Å². The van der Waals surface area contributed by atoms with Crippen LogP contribution in [-0.2, 0) is 18.9 Å². The number of nitrogens with zero attached hydrogens (tertiary/aromatic N) is 1. The Hall–Kier alpha value is -4.93. The molecule has 3 heterocycles. The fraction of sp³-hybridized carbons (Fsp3) is 0.326. The Kier molecular flexibility index (Phi) is 11.3. The topological polar surface area (TPSA) is 93.3 Å². The van der Waals surface area contributed by atoms with Gasteiger partial charge in [0.2, 0.25) is 5.88 Å². The molecule has 0 aliphatic carbocycles. The van der Waals surface area contributed by atoms with Crippen LogP contribution in [0.25, 0.3) is 22.3 Å². The maximum atomic E-state index is 6.30. The van der Waals surface area contributed by atoms with E-state index in [0.717, 1.165) is 80.7 Å². The van der Waals surface area contributed by atoms with Crippen LogP contribution in [-0.4, -0.2) is 70.0 Å². The summed E-state index contributed by atoms with van der Waals surface area (Å²) in [5.41, 5.74) is 8.56. The number of aryl methyl sites for hydroxylation is 4. The third-order valence-electron chi connectivity index (χ3n) is 8.90. The first-order valence-electron chi connectivity index (χ1n) is 17.8. The Labute approximate surface area is 305 Å². The molecule has 2 saturated heterocycles. The number of aromatic nitrogens is 1. The lowest BCUT2D eigenvalue weighted by molar-refractivity contribution is 0.0876. The number of hydrogen-bond acceptors (Lipinski definition) is 9. The van der Waals surface area contributed by atoms with E-state index in [9.17, 15) is 0 Å². The van der Waals surface area contributed by atoms with Crippen molar-refractivity contribution in [3.8, 4) is 56.9 Å². The summed E-state index contributed by atoms with van der Waals surface area (Å²) >= 11 is 0. The molecule has 52 heavy (non-hydrogen) atoms. The number of epoxide rings is 2. The summed E-state index contributed by atoms with van der Waals surface area (Å²) in [5, 5.41) is 0. The van der Waals surface area contributed by atoms with E-state index in [1.54, 1.807) is 12.3 Å². The lowest BCUT2D eigenvalue weighted by atomic mass is 10.0. The lowest BCUT2D eigenvalue weighted by Gasteiger charge is -2.14. The van der Waals surface area contributed by atoms with Gasteiger partial charge in [0, 0.05) is 12.3 Å². The molecule has 270 valence electrons. The van der Waals surface area contributed by atoms with Gasteiger partial charge < -0.3 is 37.9 Å². The molecule has 0 spiro atoms. The Balaban J connectivity index is 0.934. The van der Waals surface area contributed by atoms with Crippen LogP contribution < -0.4 is 18.9 Å². The summed E-state index contributed by atoms with van der Waals surface area (Å²) in [4.78, 5) is 4.44. The van der Waals surface area contributed by atoms with Crippen molar-refractivity contribution in [1.29, 1.82) is 0 Å². The lowest BCUT2D eigenvalue weighted by Crippen LogP contribution is -2.10. The van der Waals surface area contributed by atoms with Gasteiger partial charge in [-0.25, -0.2) is 4.98 Å². The molecule has 1 aromatic heterocycles. The highest BCUT2D eigenvalue weighted by Crippen LogP contribution is 2.35. The predicted octanol–water partition coefficient (Wildman–Crippen LogP) is 8.82. The molecule has 7 rings (SSSR count). The van der Waals surface area contributed by atoms with E-state index in [1.165, 1.54) is 0 Å². The number of hydrogen-bond donors (Lipinski definition) is 0. The van der Waals surface area contributed by atoms with E-state index in [4.69, 9.17) is 37.9 Å². The quantitative estimate of drug-likeness (QED) is 0.0656. The SMILES string of the molecule is Cc1cc(-c2ccc(Oc3ccnc(Oc4ccc(-c5ccc(OCCOCC6CO6)c(C)c5)cc4C)c3)c(C)c2)ccc1OCCOCC1CO1. The van der Waals surface area contributed by atoms with Crippen LogP contribution in [0.15, 0.2) is 91.1 Å². The van der Waals surface area contributed by atoms with Crippen molar-refractivity contribution in [1.82, 2.24) is 4.98 Å². The third-order valence-corrected chi connectivity index (χ3v) is 8.90. The molecular weight excluding hydrogens is 658 g/mol. The molecule has 9 nitrogen and oxygen atoms in total. The van der Waals surface area contributed by atoms with Crippen LogP contribution >= 0.6 is 0 Å². The van der Waals surface area contributed by atoms with Gasteiger partial charge in [0.1, 0.15) is 54.2 Å². The fourth-order valence-corrected chi connectivity index (χ4v) is 5.80. The average molecular weight is 704 g/mol. The van der Waals surface area contributed by atoms with Crippen molar-refractivity contribution >= 4 is 0 Å². The summed E-state index contributed by atoms with van der Waals surface area (Å²) in [7, 11) is 0. The minimum absolute atomic E-state index is 0.266. The summed E-state index contributed by atoms with van der Waals surface area (Å²) in [6.45, 7) is 13.1. The van der Waals surface area contributed by atoms with E-state index in [1.807, 2.05) is 44.2 Å². The molecule has 0 N–H and O–H groups in total. The molecule has 0 amide bonds. The summed E-state index contributed by atoms with van der Waals surface area (Å²) in [5.74, 6) is 4.30. The largest absolute Gasteiger partial charge is 0.491 e. The van der Waals surface area contributed by atoms with E-state index in [2.05, 4.69) is 67.4 Å². The molecule has 9 heteroatoms. The molecular formula is C43H45NO8. The average Bonchev–Trinajstić information content (AvgIpc) is 4.08. The van der Waals surface area contributed by atoms with Gasteiger partial charge in [0.05, 0.1) is 39.6 Å². The van der Waals surface area contributed by atoms with Crippen molar-refractivity contribution in [2.45, 2.75) is 39.9 Å². The van der Waals surface area contributed by atoms with Gasteiger partial charge in [-0.15, -0.1) is 0 Å². The normalized spacial score (nSPS) is 16.0. The van der Waals surface area contributed by atoms with E-state index < -0.39 is 0 Å². The number of pyridine rings is 1. The zero-order valence-corrected chi connectivity index (χ0v) is 30.2. The van der Waals surface area contributed by atoms with Crippen molar-refractivity contribution in [3.05, 3.63) is 113 Å². The van der Waals surface area contributed by atoms with Crippen molar-refractivity contribution in [2.24, 2.45) is 0 Å². The Bertz CT molecular complexity index is 1850. The molecule has 0 radical (unpaired) electrons. The molecule has 2 atom stereocenters. The molecule has 4 aromatic carbocycles. The molecule has 2 aliphatic rings. The summed E-state index contributed by atoms with van der Waals surface area (Å²) in [6, 6.07) is 28.4. The van der Waals surface area contributed by atoms with Gasteiger partial charge in [-0.2, -0.15) is 0 Å². The molecule has 0 bridgehead atoms. The highest BCUT2D eigenvalue weighted by Gasteiger charge is 2.22. The Morgan fingerprint density at radius 1 is 0.519 bits per heavy atom. The minimum Gasteiger partial charge on any atom is -0.491 e. The van der Waals surface area contributed by atoms with Crippen molar-refractivity contribution < 1.29 is 37.9 Å². The van der Waals surface area contributed by atoms with Gasteiger partial charge in [-0.3, -0.25) is 0 Å². The number of rotatable bonds is 18. The van der Waals surface area contributed by atoms with Crippen LogP contribution in [0.1, 0.15) is 22.3 Å². The first-order chi connectivity index (χ1) is 25.4. The van der Waals surface area contributed by atoms with Gasteiger partial charge in [-0.1, -0.05) is 24.3 Å². The maximum absolute atomic E-state index is 6.30. The highest BCUT2D eigenvalue weighted by molar-refractivity contribution is 5.69. The highest BCUT2D eigenvalue weighted by atomic mass is 16.6. The Morgan fingerprint density at radius 2 is 0.942 bits per heavy atom. The fourth-order valence-electron chi connectivity index (χ4n) is 5.80. The van der Waals surface area contributed by atoms with E-state index in [0.29, 0.717) is 51.3 Å². The van der Waals surface area contributed by atoms with Crippen molar-refractivity contribution in [2.75, 3.05) is 52.9 Å². The number of ether oxygens (including phenoxy) is 8. The van der Waals surface area contributed by atoms with Gasteiger partial charge in [-0.05, 0) is 127 Å². The smallest absolute Gasteiger partial charge is 0.222 e.